The van der Waals surface area contributed by atoms with Crippen LogP contribution in [0.2, 0.25) is 18.5 Å². The Hall–Kier alpha value is -1.36. The smallest absolute Gasteiger partial charge is 0.403 e. The highest BCUT2D eigenvalue weighted by Gasteiger charge is 2.56. The summed E-state index contributed by atoms with van der Waals surface area (Å²) in [5, 5.41) is 1.47. The number of rotatable bonds is 6. The molecule has 1 unspecified atom stereocenters. The normalized spacial score (nSPS) is 19.9. The van der Waals surface area contributed by atoms with E-state index in [2.05, 4.69) is 101 Å². The van der Waals surface area contributed by atoms with Gasteiger partial charge in [0.05, 0.1) is 19.3 Å². The van der Waals surface area contributed by atoms with Crippen LogP contribution in [0.1, 0.15) is 39.7 Å². The molecule has 4 heteroatoms. The van der Waals surface area contributed by atoms with E-state index in [1.54, 1.807) is 0 Å². The molecule has 0 saturated carbocycles. The van der Waals surface area contributed by atoms with E-state index >= 15 is 0 Å². The Morgan fingerprint density at radius 1 is 0.815 bits per heavy atom. The predicted molar refractivity (Wildman–Crippen MR) is 118 cm³/mol. The third kappa shape index (κ3) is 4.23. The van der Waals surface area contributed by atoms with E-state index in [1.807, 2.05) is 0 Å². The molecule has 2 aromatic rings. The first kappa shape index (κ1) is 20.4. The van der Waals surface area contributed by atoms with E-state index in [0.717, 1.165) is 12.8 Å². The van der Waals surface area contributed by atoms with Crippen LogP contribution < -0.4 is 5.19 Å². The summed E-state index contributed by atoms with van der Waals surface area (Å²) >= 11 is 0. The zero-order valence-electron chi connectivity index (χ0n) is 17.7. The van der Waals surface area contributed by atoms with Crippen LogP contribution in [0, 0.1) is 0 Å². The average molecular weight is 380 g/mol. The van der Waals surface area contributed by atoms with E-state index < -0.39 is 8.07 Å². The molecule has 3 rings (SSSR count). The molecular formula is C23H33BO2Si. The van der Waals surface area contributed by atoms with Crippen molar-refractivity contribution in [1.29, 1.82) is 0 Å². The van der Waals surface area contributed by atoms with E-state index in [9.17, 15) is 0 Å². The van der Waals surface area contributed by atoms with Gasteiger partial charge in [0.25, 0.3) is 0 Å². The van der Waals surface area contributed by atoms with Crippen molar-refractivity contribution < 1.29 is 9.31 Å². The van der Waals surface area contributed by atoms with Crippen LogP contribution in [0.4, 0.5) is 0 Å². The Bertz CT molecular complexity index is 727. The van der Waals surface area contributed by atoms with Crippen molar-refractivity contribution in [3.8, 4) is 0 Å². The first-order valence-corrected chi connectivity index (χ1v) is 13.2. The summed E-state index contributed by atoms with van der Waals surface area (Å²) < 4.78 is 13.1. The molecule has 2 aromatic carbocycles. The van der Waals surface area contributed by atoms with Gasteiger partial charge in [-0.1, -0.05) is 78.9 Å². The highest BCUT2D eigenvalue weighted by Crippen LogP contribution is 2.43. The minimum Gasteiger partial charge on any atom is -0.403 e. The maximum atomic E-state index is 6.53. The summed E-state index contributed by atoms with van der Waals surface area (Å²) in [6.07, 6.45) is 2.13. The fraction of sp³-hybridized carbons (Fsp3) is 0.478. The second kappa shape index (κ2) is 7.57. The van der Waals surface area contributed by atoms with Crippen molar-refractivity contribution in [3.63, 3.8) is 0 Å². The summed E-state index contributed by atoms with van der Waals surface area (Å²) in [7, 11) is -1.96. The van der Waals surface area contributed by atoms with Crippen LogP contribution in [0.3, 0.4) is 0 Å². The van der Waals surface area contributed by atoms with Crippen molar-refractivity contribution in [1.82, 2.24) is 0 Å². The zero-order chi connectivity index (χ0) is 19.7. The Kier molecular flexibility index (Phi) is 5.72. The number of hydrogen-bond acceptors (Lipinski definition) is 2. The molecule has 1 heterocycles. The molecule has 0 spiro atoms. The Morgan fingerprint density at radius 3 is 1.81 bits per heavy atom. The number of aryl methyl sites for hydroxylation is 1. The van der Waals surface area contributed by atoms with Gasteiger partial charge in [0.2, 0.25) is 0 Å². The average Bonchev–Trinajstić information content (AvgIpc) is 2.84. The minimum absolute atomic E-state index is 0.152. The highest BCUT2D eigenvalue weighted by molar-refractivity contribution is 6.97. The molecule has 0 radical (unpaired) electrons. The molecule has 0 N–H and O–H groups in total. The van der Waals surface area contributed by atoms with Crippen LogP contribution in [-0.4, -0.2) is 26.4 Å². The lowest BCUT2D eigenvalue weighted by Gasteiger charge is -2.34. The summed E-state index contributed by atoms with van der Waals surface area (Å²) in [5.41, 5.74) is 1.20. The molecule has 1 saturated heterocycles. The Balaban J connectivity index is 1.89. The van der Waals surface area contributed by atoms with Gasteiger partial charge in [-0.3, -0.25) is 0 Å². The molecular weight excluding hydrogens is 347 g/mol. The molecule has 27 heavy (non-hydrogen) atoms. The van der Waals surface area contributed by atoms with Crippen molar-refractivity contribution >= 4 is 20.4 Å². The first-order chi connectivity index (χ1) is 12.6. The molecule has 1 aliphatic rings. The highest BCUT2D eigenvalue weighted by atomic mass is 28.3. The van der Waals surface area contributed by atoms with Gasteiger partial charge in [0.15, 0.2) is 0 Å². The van der Waals surface area contributed by atoms with Gasteiger partial charge in [-0.2, -0.15) is 0 Å². The molecule has 1 fully saturated rings. The van der Waals surface area contributed by atoms with Gasteiger partial charge in [-0.25, -0.2) is 0 Å². The lowest BCUT2D eigenvalue weighted by Crippen LogP contribution is -2.52. The standard InChI is InChI=1S/C23H33BO2Si/c1-22(2)23(3,4)26-24(25-22)21(18-17-19-13-9-7-10-14-19)27(5,6)20-15-11-8-12-16-20/h7-16,21H,17-18H2,1-6H3. The van der Waals surface area contributed by atoms with E-state index in [4.69, 9.17) is 9.31 Å². The molecule has 0 amide bonds. The maximum absolute atomic E-state index is 6.53. The predicted octanol–water partition coefficient (Wildman–Crippen LogP) is 5.24. The van der Waals surface area contributed by atoms with Gasteiger partial charge in [-0.15, -0.1) is 0 Å². The van der Waals surface area contributed by atoms with Gasteiger partial charge >= 0.3 is 7.12 Å². The summed E-state index contributed by atoms with van der Waals surface area (Å²) in [5.74, 6) is 0. The van der Waals surface area contributed by atoms with Crippen LogP contribution in [0.5, 0.6) is 0 Å². The van der Waals surface area contributed by atoms with Gasteiger partial charge in [0.1, 0.15) is 0 Å². The SMILES string of the molecule is CC1(C)OB(C(CCc2ccccc2)[Si](C)(C)c2ccccc2)OC1(C)C. The van der Waals surface area contributed by atoms with Crippen LogP contribution in [0.15, 0.2) is 60.7 Å². The van der Waals surface area contributed by atoms with Gasteiger partial charge in [-0.05, 0) is 51.5 Å². The first-order valence-electron chi connectivity index (χ1n) is 10.1. The fourth-order valence-electron chi connectivity index (χ4n) is 3.94. The lowest BCUT2D eigenvalue weighted by atomic mass is 9.80. The largest absolute Gasteiger partial charge is 0.458 e. The molecule has 144 valence electrons. The Labute approximate surface area is 166 Å². The van der Waals surface area contributed by atoms with Crippen LogP contribution in [0.25, 0.3) is 0 Å². The molecule has 0 bridgehead atoms. The van der Waals surface area contributed by atoms with E-state index in [-0.39, 0.29) is 18.3 Å². The van der Waals surface area contributed by atoms with E-state index in [1.165, 1.54) is 10.8 Å². The molecule has 1 aliphatic heterocycles. The molecule has 0 aromatic heterocycles. The third-order valence-corrected chi connectivity index (χ3v) is 10.9. The molecule has 2 nitrogen and oxygen atoms in total. The minimum atomic E-state index is -1.80. The van der Waals surface area contributed by atoms with Crippen molar-refractivity contribution in [2.45, 2.75) is 70.3 Å². The second-order valence-corrected chi connectivity index (χ2v) is 14.1. The topological polar surface area (TPSA) is 18.5 Å². The Morgan fingerprint density at radius 2 is 1.30 bits per heavy atom. The number of hydrogen-bond donors (Lipinski definition) is 0. The maximum Gasteiger partial charge on any atom is 0.458 e. The van der Waals surface area contributed by atoms with Crippen LogP contribution in [-0.2, 0) is 15.7 Å². The summed E-state index contributed by atoms with van der Waals surface area (Å²) in [4.78, 5) is 0. The second-order valence-electron chi connectivity index (χ2n) is 9.34. The zero-order valence-corrected chi connectivity index (χ0v) is 18.7. The lowest BCUT2D eigenvalue weighted by molar-refractivity contribution is 0.00578. The van der Waals surface area contributed by atoms with Crippen LogP contribution >= 0.6 is 0 Å². The summed E-state index contributed by atoms with van der Waals surface area (Å²) in [6.45, 7) is 13.5. The quantitative estimate of drug-likeness (QED) is 0.639. The third-order valence-electron chi connectivity index (χ3n) is 6.63. The van der Waals surface area contributed by atoms with Gasteiger partial charge < -0.3 is 9.31 Å². The molecule has 0 aliphatic carbocycles. The van der Waals surface area contributed by atoms with Gasteiger partial charge in [0, 0.05) is 0 Å². The summed E-state index contributed by atoms with van der Waals surface area (Å²) in [6, 6.07) is 21.7. The van der Waals surface area contributed by atoms with Crippen molar-refractivity contribution in [2.75, 3.05) is 0 Å². The monoisotopic (exact) mass is 380 g/mol. The van der Waals surface area contributed by atoms with Crippen molar-refractivity contribution in [3.05, 3.63) is 66.2 Å². The fourth-order valence-corrected chi connectivity index (χ4v) is 7.10. The van der Waals surface area contributed by atoms with E-state index in [0.29, 0.717) is 5.44 Å². The number of benzene rings is 2. The molecule has 1 atom stereocenters. The van der Waals surface area contributed by atoms with Crippen molar-refractivity contribution in [2.24, 2.45) is 0 Å².